The zero-order valence-electron chi connectivity index (χ0n) is 11.0. The van der Waals surface area contributed by atoms with Gasteiger partial charge in [0.25, 0.3) is 10.0 Å². The fourth-order valence-electron chi connectivity index (χ4n) is 2.12. The fraction of sp³-hybridized carbons (Fsp3) is 0.0769. The number of nitrogens with one attached hydrogen (secondary N) is 1. The van der Waals surface area contributed by atoms with Gasteiger partial charge in [-0.3, -0.25) is 14.1 Å². The molecular weight excluding hydrogens is 333 g/mol. The number of hydrogen-bond donors (Lipinski definition) is 1. The molecule has 6 nitrogen and oxygen atoms in total. The van der Waals surface area contributed by atoms with E-state index in [0.29, 0.717) is 0 Å². The number of sulfonamides is 1. The van der Waals surface area contributed by atoms with Crippen LogP contribution in [0.5, 0.6) is 0 Å². The first kappa shape index (κ1) is 14.7. The van der Waals surface area contributed by atoms with Crippen LogP contribution in [0.15, 0.2) is 41.6 Å². The number of fused-ring (bicyclic) bond motifs is 1. The maximum absolute atomic E-state index is 14.1. The van der Waals surface area contributed by atoms with Crippen molar-refractivity contribution in [3.05, 3.63) is 47.5 Å². The van der Waals surface area contributed by atoms with Crippen LogP contribution in [0.25, 0.3) is 0 Å². The molecule has 9 heteroatoms. The second-order valence-electron chi connectivity index (χ2n) is 4.50. The Balaban J connectivity index is 2.18. The SMILES string of the molecule is O=C1CN(S(=O)(=O)c2cccc(Cl)c2F)c2ccncc2N1. The summed E-state index contributed by atoms with van der Waals surface area (Å²) in [6.07, 6.45) is 2.70. The lowest BCUT2D eigenvalue weighted by Gasteiger charge is -2.29. The van der Waals surface area contributed by atoms with Crippen molar-refractivity contribution < 1.29 is 17.6 Å². The van der Waals surface area contributed by atoms with Crippen LogP contribution < -0.4 is 9.62 Å². The Bertz CT molecular complexity index is 873. The second kappa shape index (κ2) is 5.22. The first-order valence-corrected chi connectivity index (χ1v) is 7.93. The lowest BCUT2D eigenvalue weighted by molar-refractivity contribution is -0.115. The molecule has 0 atom stereocenters. The van der Waals surface area contributed by atoms with Gasteiger partial charge in [-0.2, -0.15) is 0 Å². The maximum atomic E-state index is 14.1. The molecule has 0 bridgehead atoms. The highest BCUT2D eigenvalue weighted by atomic mass is 35.5. The highest BCUT2D eigenvalue weighted by molar-refractivity contribution is 7.93. The van der Waals surface area contributed by atoms with Gasteiger partial charge in [0.15, 0.2) is 5.82 Å². The van der Waals surface area contributed by atoms with Gasteiger partial charge in [0.05, 0.1) is 22.6 Å². The van der Waals surface area contributed by atoms with Crippen LogP contribution in [-0.2, 0) is 14.8 Å². The van der Waals surface area contributed by atoms with Crippen LogP contribution in [0.4, 0.5) is 15.8 Å². The van der Waals surface area contributed by atoms with E-state index in [1.165, 1.54) is 30.6 Å². The molecule has 0 spiro atoms. The molecule has 2 aromatic rings. The van der Waals surface area contributed by atoms with Crippen LogP contribution in [-0.4, -0.2) is 25.9 Å². The van der Waals surface area contributed by atoms with Gasteiger partial charge in [-0.05, 0) is 18.2 Å². The minimum absolute atomic E-state index is 0.217. The second-order valence-corrected chi connectivity index (χ2v) is 6.74. The van der Waals surface area contributed by atoms with E-state index in [2.05, 4.69) is 10.3 Å². The number of amides is 1. The Hall–Kier alpha value is -2.19. The monoisotopic (exact) mass is 341 g/mol. The summed E-state index contributed by atoms with van der Waals surface area (Å²) in [5, 5.41) is 2.20. The Morgan fingerprint density at radius 2 is 2.09 bits per heavy atom. The maximum Gasteiger partial charge on any atom is 0.267 e. The number of hydrogen-bond acceptors (Lipinski definition) is 4. The summed E-state index contributed by atoms with van der Waals surface area (Å²) in [6.45, 7) is -0.453. The minimum atomic E-state index is -4.28. The van der Waals surface area contributed by atoms with Gasteiger partial charge in [0.1, 0.15) is 11.4 Å². The van der Waals surface area contributed by atoms with Gasteiger partial charge in [-0.15, -0.1) is 0 Å². The first-order chi connectivity index (χ1) is 10.4. The summed E-state index contributed by atoms with van der Waals surface area (Å²) in [5.41, 5.74) is 0.457. The predicted molar refractivity (Wildman–Crippen MR) is 78.8 cm³/mol. The molecule has 0 radical (unpaired) electrons. The molecule has 1 aromatic heterocycles. The number of rotatable bonds is 2. The van der Waals surface area contributed by atoms with Crippen molar-refractivity contribution in [1.29, 1.82) is 0 Å². The predicted octanol–water partition coefficient (Wildman–Crippen LogP) is 2.02. The highest BCUT2D eigenvalue weighted by Crippen LogP contribution is 2.34. The molecule has 1 amide bonds. The third-order valence-electron chi connectivity index (χ3n) is 3.11. The molecule has 114 valence electrons. The van der Waals surface area contributed by atoms with E-state index in [9.17, 15) is 17.6 Å². The van der Waals surface area contributed by atoms with Crippen molar-refractivity contribution in [2.75, 3.05) is 16.2 Å². The van der Waals surface area contributed by atoms with Gasteiger partial charge < -0.3 is 5.32 Å². The summed E-state index contributed by atoms with van der Waals surface area (Å²) in [5.74, 6) is -1.59. The van der Waals surface area contributed by atoms with E-state index in [1.807, 2.05) is 0 Å². The minimum Gasteiger partial charge on any atom is -0.321 e. The zero-order valence-corrected chi connectivity index (χ0v) is 12.5. The molecule has 22 heavy (non-hydrogen) atoms. The average Bonchev–Trinajstić information content (AvgIpc) is 2.49. The summed E-state index contributed by atoms with van der Waals surface area (Å²) >= 11 is 5.64. The van der Waals surface area contributed by atoms with Crippen LogP contribution >= 0.6 is 11.6 Å². The molecule has 1 N–H and O–H groups in total. The van der Waals surface area contributed by atoms with Crippen LogP contribution in [0.3, 0.4) is 0 Å². The quantitative estimate of drug-likeness (QED) is 0.906. The van der Waals surface area contributed by atoms with E-state index in [1.54, 1.807) is 0 Å². The number of benzene rings is 1. The van der Waals surface area contributed by atoms with Crippen molar-refractivity contribution in [1.82, 2.24) is 4.98 Å². The van der Waals surface area contributed by atoms with Gasteiger partial charge in [-0.25, -0.2) is 12.8 Å². The number of nitrogens with zero attached hydrogens (tertiary/aromatic N) is 2. The molecule has 3 rings (SSSR count). The normalized spacial score (nSPS) is 14.5. The van der Waals surface area contributed by atoms with Crippen molar-refractivity contribution in [3.63, 3.8) is 0 Å². The van der Waals surface area contributed by atoms with Gasteiger partial charge in [0.2, 0.25) is 5.91 Å². The van der Waals surface area contributed by atoms with Gasteiger partial charge in [-0.1, -0.05) is 17.7 Å². The molecule has 0 saturated heterocycles. The molecule has 2 heterocycles. The molecule has 0 aliphatic carbocycles. The third-order valence-corrected chi connectivity index (χ3v) is 5.18. The molecule has 0 fully saturated rings. The van der Waals surface area contributed by atoms with Gasteiger partial charge >= 0.3 is 0 Å². The molecule has 0 saturated carbocycles. The highest BCUT2D eigenvalue weighted by Gasteiger charge is 2.34. The Morgan fingerprint density at radius 3 is 2.86 bits per heavy atom. The topological polar surface area (TPSA) is 79.4 Å². The lowest BCUT2D eigenvalue weighted by Crippen LogP contribution is -2.42. The van der Waals surface area contributed by atoms with E-state index in [0.717, 1.165) is 10.4 Å². The molecular formula is C13H9ClFN3O3S. The van der Waals surface area contributed by atoms with Crippen LogP contribution in [0, 0.1) is 5.82 Å². The number of anilines is 2. The number of pyridine rings is 1. The zero-order chi connectivity index (χ0) is 15.9. The standard InChI is InChI=1S/C13H9ClFN3O3S/c14-8-2-1-3-11(13(8)15)22(20,21)18-7-12(19)17-9-6-16-5-4-10(9)18/h1-6H,7H2,(H,17,19). The summed E-state index contributed by atoms with van der Waals surface area (Å²) in [4.78, 5) is 14.9. The largest absolute Gasteiger partial charge is 0.321 e. The average molecular weight is 342 g/mol. The van der Waals surface area contributed by atoms with E-state index in [-0.39, 0.29) is 16.4 Å². The summed E-state index contributed by atoms with van der Waals surface area (Å²) in [7, 11) is -4.28. The Kier molecular flexibility index (Phi) is 3.50. The van der Waals surface area contributed by atoms with E-state index < -0.39 is 33.2 Å². The lowest BCUT2D eigenvalue weighted by atomic mass is 10.3. The molecule has 1 aliphatic heterocycles. The number of carbonyl (C=O) groups excluding carboxylic acids is 1. The Labute approximate surface area is 130 Å². The number of halogens is 2. The van der Waals surface area contributed by atoms with Crippen molar-refractivity contribution in [3.8, 4) is 0 Å². The number of aromatic nitrogens is 1. The smallest absolute Gasteiger partial charge is 0.267 e. The van der Waals surface area contributed by atoms with E-state index in [4.69, 9.17) is 11.6 Å². The van der Waals surface area contributed by atoms with Crippen molar-refractivity contribution in [2.24, 2.45) is 0 Å². The first-order valence-electron chi connectivity index (χ1n) is 6.12. The van der Waals surface area contributed by atoms with Gasteiger partial charge in [0, 0.05) is 6.20 Å². The number of carbonyl (C=O) groups is 1. The summed E-state index contributed by atoms with van der Waals surface area (Å²) in [6, 6.07) is 5.10. The summed E-state index contributed by atoms with van der Waals surface area (Å²) < 4.78 is 40.3. The third kappa shape index (κ3) is 2.30. The van der Waals surface area contributed by atoms with Crippen molar-refractivity contribution in [2.45, 2.75) is 4.90 Å². The van der Waals surface area contributed by atoms with Crippen molar-refractivity contribution >= 4 is 38.9 Å². The molecule has 0 unspecified atom stereocenters. The van der Waals surface area contributed by atoms with Crippen LogP contribution in [0.2, 0.25) is 5.02 Å². The molecule has 1 aromatic carbocycles. The van der Waals surface area contributed by atoms with Crippen LogP contribution in [0.1, 0.15) is 0 Å². The molecule has 1 aliphatic rings. The van der Waals surface area contributed by atoms with E-state index >= 15 is 0 Å². The fourth-order valence-corrected chi connectivity index (χ4v) is 3.88. The Morgan fingerprint density at radius 1 is 1.32 bits per heavy atom.